The van der Waals surface area contributed by atoms with Gasteiger partial charge in [0.05, 0.1) is 0 Å². The molecular formula is C15H16N2O5Se. The minimum absolute atomic E-state index is 0.189. The number of nitrogens with one attached hydrogen (secondary N) is 1. The van der Waals surface area contributed by atoms with Gasteiger partial charge in [-0.15, -0.1) is 0 Å². The van der Waals surface area contributed by atoms with Crippen molar-refractivity contribution in [2.75, 3.05) is 6.61 Å². The molecule has 1 fully saturated rings. The van der Waals surface area contributed by atoms with Gasteiger partial charge in [0.25, 0.3) is 0 Å². The average Bonchev–Trinajstić information content (AvgIpc) is 2.91. The van der Waals surface area contributed by atoms with E-state index in [0.29, 0.717) is 4.46 Å². The van der Waals surface area contributed by atoms with Gasteiger partial charge in [-0.25, -0.2) is 0 Å². The van der Waals surface area contributed by atoms with E-state index in [1.54, 1.807) is 0 Å². The number of aliphatic hydroxyl groups is 2. The standard InChI is InChI=1S/C15H16N2O5Se/c18-8-11-10(19)6-13(22-11)17-7-12(14(20)16-15(17)21)23-9-4-2-1-3-5-9/h1-5,7,10-11,13,18-19H,6,8H2,(H,16,20,21)/t10-,11+,13+/m0/s1. The van der Waals surface area contributed by atoms with Crippen LogP contribution in [0.3, 0.4) is 0 Å². The number of hydrogen-bond donors (Lipinski definition) is 3. The van der Waals surface area contributed by atoms with E-state index in [4.69, 9.17) is 9.84 Å². The van der Waals surface area contributed by atoms with Crippen molar-refractivity contribution in [3.8, 4) is 0 Å². The van der Waals surface area contributed by atoms with E-state index in [-0.39, 0.29) is 28.0 Å². The summed E-state index contributed by atoms with van der Waals surface area (Å²) < 4.78 is 8.27. The van der Waals surface area contributed by atoms with Crippen LogP contribution in [0, 0.1) is 0 Å². The first-order valence-electron chi connectivity index (χ1n) is 7.11. The molecule has 2 heterocycles. The molecule has 3 N–H and O–H groups in total. The number of nitrogens with zero attached hydrogens (tertiary/aromatic N) is 1. The summed E-state index contributed by atoms with van der Waals surface area (Å²) in [5.41, 5.74) is -0.995. The van der Waals surface area contributed by atoms with Gasteiger partial charge in [-0.05, 0) is 0 Å². The molecule has 3 atom stereocenters. The molecular weight excluding hydrogens is 367 g/mol. The van der Waals surface area contributed by atoms with Crippen molar-refractivity contribution in [3.63, 3.8) is 0 Å². The molecule has 23 heavy (non-hydrogen) atoms. The quantitative estimate of drug-likeness (QED) is 0.522. The normalized spacial score (nSPS) is 24.0. The Labute approximate surface area is 137 Å². The van der Waals surface area contributed by atoms with Gasteiger partial charge < -0.3 is 0 Å². The first-order chi connectivity index (χ1) is 11.1. The van der Waals surface area contributed by atoms with E-state index in [9.17, 15) is 14.7 Å². The van der Waals surface area contributed by atoms with Crippen molar-refractivity contribution in [2.45, 2.75) is 24.9 Å². The van der Waals surface area contributed by atoms with Gasteiger partial charge in [0, 0.05) is 0 Å². The number of benzene rings is 1. The third-order valence-corrected chi connectivity index (χ3v) is 5.74. The number of aromatic amines is 1. The molecule has 0 unspecified atom stereocenters. The summed E-state index contributed by atoms with van der Waals surface area (Å²) in [6.45, 7) is -0.323. The van der Waals surface area contributed by atoms with E-state index < -0.39 is 29.7 Å². The number of aliphatic hydroxyl groups excluding tert-OH is 2. The van der Waals surface area contributed by atoms with Gasteiger partial charge in [-0.3, -0.25) is 0 Å². The SMILES string of the molecule is O=c1[nH]c(=O)n([C@H]2C[C@H](O)[C@@H](CO)O2)cc1[Se]c1ccccc1. The number of ether oxygens (including phenoxy) is 1. The molecule has 0 aliphatic carbocycles. The molecule has 2 aromatic rings. The summed E-state index contributed by atoms with van der Waals surface area (Å²) in [6, 6.07) is 9.53. The van der Waals surface area contributed by atoms with Crippen molar-refractivity contribution in [3.05, 3.63) is 57.4 Å². The second-order valence-corrected chi connectivity index (χ2v) is 7.53. The van der Waals surface area contributed by atoms with Crippen LogP contribution in [-0.2, 0) is 4.74 Å². The fourth-order valence-electron chi connectivity index (χ4n) is 2.42. The monoisotopic (exact) mass is 384 g/mol. The van der Waals surface area contributed by atoms with Crippen LogP contribution in [0.5, 0.6) is 0 Å². The number of H-pyrrole nitrogens is 1. The zero-order valence-corrected chi connectivity index (χ0v) is 13.8. The van der Waals surface area contributed by atoms with Crippen LogP contribution in [0.15, 0.2) is 46.1 Å². The van der Waals surface area contributed by atoms with Crippen molar-refractivity contribution in [2.24, 2.45) is 0 Å². The Morgan fingerprint density at radius 3 is 2.70 bits per heavy atom. The van der Waals surface area contributed by atoms with E-state index in [2.05, 4.69) is 4.98 Å². The van der Waals surface area contributed by atoms with E-state index in [1.807, 2.05) is 30.3 Å². The molecule has 8 heteroatoms. The Hall–Kier alpha value is -1.70. The predicted molar refractivity (Wildman–Crippen MR) is 84.4 cm³/mol. The molecule has 1 aliphatic rings. The molecule has 7 nitrogen and oxygen atoms in total. The predicted octanol–water partition coefficient (Wildman–Crippen LogP) is -2.17. The van der Waals surface area contributed by atoms with Crippen LogP contribution in [0.25, 0.3) is 0 Å². The summed E-state index contributed by atoms with van der Waals surface area (Å²) in [5.74, 6) is 0. The van der Waals surface area contributed by atoms with Crippen LogP contribution >= 0.6 is 0 Å². The third kappa shape index (κ3) is 3.46. The fourth-order valence-corrected chi connectivity index (χ4v) is 4.22. The van der Waals surface area contributed by atoms with E-state index >= 15 is 0 Å². The number of rotatable bonds is 4. The molecule has 0 saturated carbocycles. The summed E-state index contributed by atoms with van der Waals surface area (Å²) in [4.78, 5) is 26.3. The van der Waals surface area contributed by atoms with Crippen molar-refractivity contribution in [1.29, 1.82) is 0 Å². The second kappa shape index (κ2) is 6.82. The van der Waals surface area contributed by atoms with Gasteiger partial charge in [0.2, 0.25) is 0 Å². The van der Waals surface area contributed by atoms with Crippen molar-refractivity contribution < 1.29 is 14.9 Å². The van der Waals surface area contributed by atoms with Crippen molar-refractivity contribution >= 4 is 23.9 Å². The minimum atomic E-state index is -0.841. The molecule has 122 valence electrons. The van der Waals surface area contributed by atoms with Crippen LogP contribution in [0.2, 0.25) is 0 Å². The molecule has 0 bridgehead atoms. The summed E-state index contributed by atoms with van der Waals surface area (Å²) >= 11 is -0.252. The van der Waals surface area contributed by atoms with Gasteiger partial charge in [0.1, 0.15) is 0 Å². The molecule has 1 saturated heterocycles. The topological polar surface area (TPSA) is 105 Å². The van der Waals surface area contributed by atoms with E-state index in [0.717, 1.165) is 4.46 Å². The summed E-state index contributed by atoms with van der Waals surface area (Å²) in [6.07, 6.45) is -0.578. The van der Waals surface area contributed by atoms with Gasteiger partial charge >= 0.3 is 137 Å². The Morgan fingerprint density at radius 2 is 2.04 bits per heavy atom. The maximum atomic E-state index is 12.0. The molecule has 0 radical (unpaired) electrons. The van der Waals surface area contributed by atoms with Crippen LogP contribution < -0.4 is 20.2 Å². The molecule has 1 aromatic carbocycles. The van der Waals surface area contributed by atoms with Crippen LogP contribution in [-0.4, -0.2) is 53.5 Å². The van der Waals surface area contributed by atoms with Gasteiger partial charge in [-0.2, -0.15) is 0 Å². The Kier molecular flexibility index (Phi) is 4.79. The first-order valence-corrected chi connectivity index (χ1v) is 8.82. The zero-order valence-electron chi connectivity index (χ0n) is 12.1. The Balaban J connectivity index is 1.92. The van der Waals surface area contributed by atoms with Crippen LogP contribution in [0.1, 0.15) is 12.6 Å². The fraction of sp³-hybridized carbons (Fsp3) is 0.333. The molecule has 0 amide bonds. The van der Waals surface area contributed by atoms with Gasteiger partial charge in [0.15, 0.2) is 0 Å². The van der Waals surface area contributed by atoms with Crippen molar-refractivity contribution in [1.82, 2.24) is 9.55 Å². The zero-order chi connectivity index (χ0) is 16.4. The summed E-state index contributed by atoms with van der Waals surface area (Å²) in [5, 5.41) is 18.9. The second-order valence-electron chi connectivity index (χ2n) is 5.19. The first kappa shape index (κ1) is 16.2. The Morgan fingerprint density at radius 1 is 1.30 bits per heavy atom. The van der Waals surface area contributed by atoms with E-state index in [1.165, 1.54) is 10.8 Å². The third-order valence-electron chi connectivity index (χ3n) is 3.60. The average molecular weight is 383 g/mol. The summed E-state index contributed by atoms with van der Waals surface area (Å²) in [7, 11) is 0. The number of aromatic nitrogens is 2. The molecule has 0 spiro atoms. The maximum absolute atomic E-state index is 12.0. The Bertz CT molecular complexity index is 788. The van der Waals surface area contributed by atoms with Gasteiger partial charge in [-0.1, -0.05) is 0 Å². The number of hydrogen-bond acceptors (Lipinski definition) is 5. The molecule has 1 aliphatic heterocycles. The molecule has 1 aromatic heterocycles. The molecule has 3 rings (SSSR count). The van der Waals surface area contributed by atoms with Crippen LogP contribution in [0.4, 0.5) is 0 Å².